The Balaban J connectivity index is 1.51. The van der Waals surface area contributed by atoms with E-state index in [9.17, 15) is 23.6 Å². The molecule has 2 aliphatic rings. The van der Waals surface area contributed by atoms with Gasteiger partial charge in [-0.2, -0.15) is 0 Å². The molecule has 148 valence electrons. The SMILES string of the molecule is O=C(CN1C(=O)c2ccccc2C1=O)NN1C(=O)CSC1c1c(F)cccc1Cl. The Kier molecular flexibility index (Phi) is 5.01. The molecule has 2 aromatic carbocycles. The third kappa shape index (κ3) is 3.36. The monoisotopic (exact) mass is 433 g/mol. The Labute approximate surface area is 173 Å². The van der Waals surface area contributed by atoms with Gasteiger partial charge in [0.15, 0.2) is 0 Å². The smallest absolute Gasteiger partial charge is 0.262 e. The number of hydrazine groups is 1. The van der Waals surface area contributed by atoms with Gasteiger partial charge >= 0.3 is 0 Å². The fraction of sp³-hybridized carbons (Fsp3) is 0.158. The van der Waals surface area contributed by atoms with Crippen LogP contribution in [0.3, 0.4) is 0 Å². The van der Waals surface area contributed by atoms with Crippen molar-refractivity contribution in [3.05, 3.63) is 70.0 Å². The van der Waals surface area contributed by atoms with Crippen LogP contribution in [0, 0.1) is 5.82 Å². The van der Waals surface area contributed by atoms with Crippen LogP contribution in [-0.4, -0.2) is 45.8 Å². The van der Waals surface area contributed by atoms with Crippen LogP contribution in [0.5, 0.6) is 0 Å². The molecule has 2 aliphatic heterocycles. The number of carbonyl (C=O) groups is 4. The van der Waals surface area contributed by atoms with Gasteiger partial charge in [0, 0.05) is 10.6 Å². The molecule has 29 heavy (non-hydrogen) atoms. The molecule has 0 spiro atoms. The second kappa shape index (κ2) is 7.49. The molecule has 1 unspecified atom stereocenters. The summed E-state index contributed by atoms with van der Waals surface area (Å²) in [6, 6.07) is 10.4. The number of hydrogen-bond acceptors (Lipinski definition) is 5. The average molecular weight is 434 g/mol. The molecule has 0 saturated carbocycles. The van der Waals surface area contributed by atoms with Crippen molar-refractivity contribution in [2.45, 2.75) is 5.37 Å². The number of benzene rings is 2. The molecule has 1 atom stereocenters. The normalized spacial score (nSPS) is 18.4. The Bertz CT molecular complexity index is 1010. The Morgan fingerprint density at radius 3 is 2.38 bits per heavy atom. The molecule has 0 aliphatic carbocycles. The summed E-state index contributed by atoms with van der Waals surface area (Å²) in [5.41, 5.74) is 2.89. The maximum absolute atomic E-state index is 14.3. The molecule has 1 N–H and O–H groups in total. The number of amides is 4. The van der Waals surface area contributed by atoms with E-state index in [1.165, 1.54) is 30.3 Å². The van der Waals surface area contributed by atoms with E-state index in [-0.39, 0.29) is 27.5 Å². The summed E-state index contributed by atoms with van der Waals surface area (Å²) in [4.78, 5) is 50.3. The minimum Gasteiger partial charge on any atom is -0.272 e. The fourth-order valence-corrected chi connectivity index (χ4v) is 4.70. The van der Waals surface area contributed by atoms with Crippen LogP contribution < -0.4 is 5.43 Å². The first-order valence-corrected chi connectivity index (χ1v) is 9.93. The van der Waals surface area contributed by atoms with Crippen molar-refractivity contribution in [1.29, 1.82) is 0 Å². The highest BCUT2D eigenvalue weighted by Gasteiger charge is 2.39. The lowest BCUT2D eigenvalue weighted by atomic mass is 10.1. The van der Waals surface area contributed by atoms with Crippen LogP contribution in [0.25, 0.3) is 0 Å². The molecule has 4 amide bonds. The second-order valence-corrected chi connectivity index (χ2v) is 7.82. The first-order chi connectivity index (χ1) is 13.9. The van der Waals surface area contributed by atoms with Gasteiger partial charge in [-0.1, -0.05) is 29.8 Å². The molecule has 7 nitrogen and oxygen atoms in total. The number of nitrogens with zero attached hydrogens (tertiary/aromatic N) is 2. The Hall–Kier alpha value is -2.91. The molecule has 1 saturated heterocycles. The molecule has 1 fully saturated rings. The molecular weight excluding hydrogens is 421 g/mol. The highest BCUT2D eigenvalue weighted by atomic mass is 35.5. The summed E-state index contributed by atoms with van der Waals surface area (Å²) in [5, 5.41) is 0.245. The highest BCUT2D eigenvalue weighted by molar-refractivity contribution is 8.00. The number of halogens is 2. The molecular formula is C19H13ClFN3O4S. The van der Waals surface area contributed by atoms with Gasteiger partial charge in [-0.05, 0) is 24.3 Å². The van der Waals surface area contributed by atoms with Crippen LogP contribution in [0.4, 0.5) is 4.39 Å². The van der Waals surface area contributed by atoms with Crippen LogP contribution in [-0.2, 0) is 9.59 Å². The van der Waals surface area contributed by atoms with Gasteiger partial charge in [0.1, 0.15) is 17.7 Å². The number of rotatable bonds is 4. The number of nitrogens with one attached hydrogen (secondary N) is 1. The average Bonchev–Trinajstić information content (AvgIpc) is 3.15. The standard InChI is InChI=1S/C19H13ClFN3O4S/c20-12-6-3-7-13(21)16(12)19-24(15(26)9-29-19)22-14(25)8-23-17(27)10-4-1-2-5-11(10)18(23)28/h1-7,19H,8-9H2,(H,22,25). The minimum absolute atomic E-state index is 0.0165. The summed E-state index contributed by atoms with van der Waals surface area (Å²) >= 11 is 7.19. The molecule has 2 aromatic rings. The zero-order valence-electron chi connectivity index (χ0n) is 14.7. The molecule has 2 heterocycles. The lowest BCUT2D eigenvalue weighted by molar-refractivity contribution is -0.139. The van der Waals surface area contributed by atoms with Gasteiger partial charge in [-0.25, -0.2) is 9.40 Å². The van der Waals surface area contributed by atoms with Crippen molar-refractivity contribution in [2.24, 2.45) is 0 Å². The number of fused-ring (bicyclic) bond motifs is 1. The zero-order valence-corrected chi connectivity index (χ0v) is 16.3. The van der Waals surface area contributed by atoms with E-state index in [0.29, 0.717) is 0 Å². The van der Waals surface area contributed by atoms with Gasteiger partial charge in [-0.3, -0.25) is 29.5 Å². The van der Waals surface area contributed by atoms with E-state index in [4.69, 9.17) is 11.6 Å². The summed E-state index contributed by atoms with van der Waals surface area (Å²) in [6.07, 6.45) is 0. The van der Waals surface area contributed by atoms with Crippen LogP contribution in [0.1, 0.15) is 31.7 Å². The first-order valence-electron chi connectivity index (χ1n) is 8.50. The number of imide groups is 1. The van der Waals surface area contributed by atoms with Gasteiger partial charge in [0.05, 0.1) is 16.9 Å². The van der Waals surface area contributed by atoms with E-state index in [1.54, 1.807) is 12.1 Å². The highest BCUT2D eigenvalue weighted by Crippen LogP contribution is 2.41. The molecule has 10 heteroatoms. The van der Waals surface area contributed by atoms with Gasteiger partial charge in [0.25, 0.3) is 23.6 Å². The summed E-state index contributed by atoms with van der Waals surface area (Å²) in [7, 11) is 0. The fourth-order valence-electron chi connectivity index (χ4n) is 3.20. The van der Waals surface area contributed by atoms with Crippen molar-refractivity contribution in [1.82, 2.24) is 15.3 Å². The molecule has 4 rings (SSSR count). The topological polar surface area (TPSA) is 86.8 Å². The van der Waals surface area contributed by atoms with Crippen LogP contribution in [0.2, 0.25) is 5.02 Å². The summed E-state index contributed by atoms with van der Waals surface area (Å²) < 4.78 is 14.3. The lowest BCUT2D eigenvalue weighted by Gasteiger charge is -2.26. The number of carbonyl (C=O) groups excluding carboxylic acids is 4. The predicted molar refractivity (Wildman–Crippen MR) is 103 cm³/mol. The van der Waals surface area contributed by atoms with Crippen LogP contribution >= 0.6 is 23.4 Å². The third-order valence-electron chi connectivity index (χ3n) is 4.54. The number of thioether (sulfide) groups is 1. The molecule has 0 bridgehead atoms. The van der Waals surface area contributed by atoms with Crippen molar-refractivity contribution in [3.8, 4) is 0 Å². The van der Waals surface area contributed by atoms with Gasteiger partial charge in [0.2, 0.25) is 0 Å². The van der Waals surface area contributed by atoms with Crippen molar-refractivity contribution < 1.29 is 23.6 Å². The lowest BCUT2D eigenvalue weighted by Crippen LogP contribution is -2.49. The predicted octanol–water partition coefficient (Wildman–Crippen LogP) is 2.38. The molecule has 0 aromatic heterocycles. The van der Waals surface area contributed by atoms with Gasteiger partial charge < -0.3 is 0 Å². The third-order valence-corrected chi connectivity index (χ3v) is 6.05. The van der Waals surface area contributed by atoms with Gasteiger partial charge in [-0.15, -0.1) is 11.8 Å². The van der Waals surface area contributed by atoms with E-state index in [1.807, 2.05) is 0 Å². The molecule has 0 radical (unpaired) electrons. The maximum atomic E-state index is 14.3. The Morgan fingerprint density at radius 2 is 1.76 bits per heavy atom. The largest absolute Gasteiger partial charge is 0.272 e. The second-order valence-electron chi connectivity index (χ2n) is 6.34. The number of hydrogen-bond donors (Lipinski definition) is 1. The zero-order chi connectivity index (χ0) is 20.7. The summed E-state index contributed by atoms with van der Waals surface area (Å²) in [6.45, 7) is -0.571. The Morgan fingerprint density at radius 1 is 1.10 bits per heavy atom. The summed E-state index contributed by atoms with van der Waals surface area (Å²) in [5.74, 6) is -2.97. The van der Waals surface area contributed by atoms with E-state index in [2.05, 4.69) is 5.43 Å². The van der Waals surface area contributed by atoms with Crippen molar-refractivity contribution >= 4 is 47.0 Å². The minimum atomic E-state index is -0.859. The maximum Gasteiger partial charge on any atom is 0.262 e. The first kappa shape index (κ1) is 19.4. The van der Waals surface area contributed by atoms with Crippen molar-refractivity contribution in [2.75, 3.05) is 12.3 Å². The van der Waals surface area contributed by atoms with Crippen molar-refractivity contribution in [3.63, 3.8) is 0 Å². The van der Waals surface area contributed by atoms with E-state index >= 15 is 0 Å². The van der Waals surface area contributed by atoms with E-state index in [0.717, 1.165) is 21.7 Å². The van der Waals surface area contributed by atoms with E-state index < -0.39 is 41.4 Å². The quantitative estimate of drug-likeness (QED) is 0.748. The van der Waals surface area contributed by atoms with Crippen LogP contribution in [0.15, 0.2) is 42.5 Å².